The number of ether oxygens (including phenoxy) is 1. The number of amides is 1. The lowest BCUT2D eigenvalue weighted by Crippen LogP contribution is -2.26. The Hall–Kier alpha value is -1.29. The van der Waals surface area contributed by atoms with Gasteiger partial charge in [-0.25, -0.2) is 0 Å². The number of furan rings is 1. The predicted molar refractivity (Wildman–Crippen MR) is 66.2 cm³/mol. The Balaban J connectivity index is 2.31. The number of carbonyl (C=O) groups is 1. The monoisotopic (exact) mass is 239 g/mol. The highest BCUT2D eigenvalue weighted by Gasteiger charge is 2.14. The molecule has 0 bridgehead atoms. The van der Waals surface area contributed by atoms with Crippen molar-refractivity contribution in [3.05, 3.63) is 23.2 Å². The van der Waals surface area contributed by atoms with E-state index < -0.39 is 0 Å². The molecular formula is C13H21NO3. The van der Waals surface area contributed by atoms with E-state index in [4.69, 9.17) is 9.15 Å². The van der Waals surface area contributed by atoms with Crippen molar-refractivity contribution in [2.75, 3.05) is 13.2 Å². The molecule has 1 aromatic heterocycles. The van der Waals surface area contributed by atoms with Gasteiger partial charge >= 0.3 is 0 Å². The van der Waals surface area contributed by atoms with Crippen LogP contribution in [0.3, 0.4) is 0 Å². The van der Waals surface area contributed by atoms with Gasteiger partial charge in [-0.3, -0.25) is 4.79 Å². The first-order chi connectivity index (χ1) is 8.02. The summed E-state index contributed by atoms with van der Waals surface area (Å²) in [6.07, 6.45) is 2.66. The SMILES string of the molecule is Cc1coc(C)c1C(=O)NCCCOC(C)C. The van der Waals surface area contributed by atoms with Crippen LogP contribution in [0.2, 0.25) is 0 Å². The summed E-state index contributed by atoms with van der Waals surface area (Å²) < 4.78 is 10.6. The van der Waals surface area contributed by atoms with Gasteiger partial charge in [0.05, 0.1) is 17.9 Å². The van der Waals surface area contributed by atoms with Crippen molar-refractivity contribution in [3.63, 3.8) is 0 Å². The van der Waals surface area contributed by atoms with E-state index >= 15 is 0 Å². The van der Waals surface area contributed by atoms with E-state index in [1.165, 1.54) is 0 Å². The minimum atomic E-state index is -0.0710. The number of hydrogen-bond donors (Lipinski definition) is 1. The van der Waals surface area contributed by atoms with E-state index in [2.05, 4.69) is 5.32 Å². The summed E-state index contributed by atoms with van der Waals surface area (Å²) in [4.78, 5) is 11.8. The van der Waals surface area contributed by atoms with Gasteiger partial charge in [0, 0.05) is 18.7 Å². The summed E-state index contributed by atoms with van der Waals surface area (Å²) in [6.45, 7) is 8.95. The average Bonchev–Trinajstić information content (AvgIpc) is 2.57. The van der Waals surface area contributed by atoms with Gasteiger partial charge in [0.25, 0.3) is 5.91 Å². The molecule has 0 aromatic carbocycles. The van der Waals surface area contributed by atoms with Crippen molar-refractivity contribution in [3.8, 4) is 0 Å². The predicted octanol–water partition coefficient (Wildman–Crippen LogP) is 2.44. The van der Waals surface area contributed by atoms with Crippen LogP contribution in [0.15, 0.2) is 10.7 Å². The van der Waals surface area contributed by atoms with E-state index in [0.29, 0.717) is 24.5 Å². The summed E-state index contributed by atoms with van der Waals surface area (Å²) in [5.74, 6) is 0.594. The molecule has 4 heteroatoms. The highest BCUT2D eigenvalue weighted by molar-refractivity contribution is 5.96. The van der Waals surface area contributed by atoms with E-state index in [0.717, 1.165) is 12.0 Å². The zero-order valence-corrected chi connectivity index (χ0v) is 11.0. The number of carbonyl (C=O) groups excluding carboxylic acids is 1. The van der Waals surface area contributed by atoms with Gasteiger partial charge in [-0.2, -0.15) is 0 Å². The van der Waals surface area contributed by atoms with Crippen LogP contribution >= 0.6 is 0 Å². The normalized spacial score (nSPS) is 10.9. The minimum Gasteiger partial charge on any atom is -0.469 e. The second kappa shape index (κ2) is 6.45. The molecule has 1 rings (SSSR count). The fourth-order valence-corrected chi connectivity index (χ4v) is 1.59. The fraction of sp³-hybridized carbons (Fsp3) is 0.615. The molecule has 1 aromatic rings. The molecule has 1 heterocycles. The molecule has 1 amide bonds. The quantitative estimate of drug-likeness (QED) is 0.776. The third-order valence-corrected chi connectivity index (χ3v) is 2.44. The van der Waals surface area contributed by atoms with Crippen molar-refractivity contribution in [1.82, 2.24) is 5.32 Å². The van der Waals surface area contributed by atoms with E-state index in [-0.39, 0.29) is 12.0 Å². The lowest BCUT2D eigenvalue weighted by Gasteiger charge is -2.08. The maximum absolute atomic E-state index is 11.8. The van der Waals surface area contributed by atoms with Crippen LogP contribution in [0.4, 0.5) is 0 Å². The van der Waals surface area contributed by atoms with Crippen molar-refractivity contribution in [2.45, 2.75) is 40.2 Å². The first-order valence-electron chi connectivity index (χ1n) is 5.97. The minimum absolute atomic E-state index is 0.0710. The average molecular weight is 239 g/mol. The van der Waals surface area contributed by atoms with Gasteiger partial charge in [-0.15, -0.1) is 0 Å². The molecule has 1 N–H and O–H groups in total. The van der Waals surface area contributed by atoms with Crippen molar-refractivity contribution >= 4 is 5.91 Å². The van der Waals surface area contributed by atoms with Crippen molar-refractivity contribution in [2.24, 2.45) is 0 Å². The molecule has 0 aliphatic carbocycles. The Kier molecular flexibility index (Phi) is 5.22. The molecule has 4 nitrogen and oxygen atoms in total. The highest BCUT2D eigenvalue weighted by Crippen LogP contribution is 2.14. The molecule has 0 saturated carbocycles. The molecule has 0 atom stereocenters. The first kappa shape index (κ1) is 13.8. The standard InChI is InChI=1S/C13H21NO3/c1-9(2)16-7-5-6-14-13(15)12-10(3)8-17-11(12)4/h8-9H,5-7H2,1-4H3,(H,14,15). The maximum atomic E-state index is 11.8. The summed E-state index contributed by atoms with van der Waals surface area (Å²) >= 11 is 0. The Morgan fingerprint density at radius 1 is 1.47 bits per heavy atom. The summed E-state index contributed by atoms with van der Waals surface area (Å²) in [5.41, 5.74) is 1.52. The third kappa shape index (κ3) is 4.23. The number of hydrogen-bond acceptors (Lipinski definition) is 3. The van der Waals surface area contributed by atoms with Crippen LogP contribution in [0.5, 0.6) is 0 Å². The maximum Gasteiger partial charge on any atom is 0.255 e. The van der Waals surface area contributed by atoms with Crippen LogP contribution in [0, 0.1) is 13.8 Å². The zero-order valence-electron chi connectivity index (χ0n) is 11.0. The fourth-order valence-electron chi connectivity index (χ4n) is 1.59. The molecule has 96 valence electrons. The number of nitrogens with one attached hydrogen (secondary N) is 1. The van der Waals surface area contributed by atoms with Crippen LogP contribution in [-0.2, 0) is 4.74 Å². The van der Waals surface area contributed by atoms with Crippen molar-refractivity contribution < 1.29 is 13.9 Å². The molecule has 0 aliphatic heterocycles. The molecule has 0 fully saturated rings. The van der Waals surface area contributed by atoms with Crippen LogP contribution < -0.4 is 5.32 Å². The summed E-state index contributed by atoms with van der Waals surface area (Å²) in [7, 11) is 0. The molecule has 0 saturated heterocycles. The van der Waals surface area contributed by atoms with E-state index in [1.54, 1.807) is 13.2 Å². The van der Waals surface area contributed by atoms with Crippen LogP contribution in [-0.4, -0.2) is 25.2 Å². The Morgan fingerprint density at radius 3 is 2.71 bits per heavy atom. The van der Waals surface area contributed by atoms with Crippen LogP contribution in [0.1, 0.15) is 41.9 Å². The molecular weight excluding hydrogens is 218 g/mol. The Morgan fingerprint density at radius 2 is 2.18 bits per heavy atom. The molecule has 0 radical (unpaired) electrons. The van der Waals surface area contributed by atoms with Gasteiger partial charge < -0.3 is 14.5 Å². The number of aryl methyl sites for hydroxylation is 2. The number of rotatable bonds is 6. The lowest BCUT2D eigenvalue weighted by atomic mass is 10.1. The second-order valence-corrected chi connectivity index (χ2v) is 4.38. The Labute approximate surface area is 102 Å². The third-order valence-electron chi connectivity index (χ3n) is 2.44. The second-order valence-electron chi connectivity index (χ2n) is 4.38. The Bertz CT molecular complexity index is 349. The smallest absolute Gasteiger partial charge is 0.255 e. The van der Waals surface area contributed by atoms with Gasteiger partial charge in [0.2, 0.25) is 0 Å². The zero-order chi connectivity index (χ0) is 12.8. The summed E-state index contributed by atoms with van der Waals surface area (Å²) in [6, 6.07) is 0. The van der Waals surface area contributed by atoms with Crippen molar-refractivity contribution in [1.29, 1.82) is 0 Å². The lowest BCUT2D eigenvalue weighted by molar-refractivity contribution is 0.0757. The highest BCUT2D eigenvalue weighted by atomic mass is 16.5. The van der Waals surface area contributed by atoms with Crippen LogP contribution in [0.25, 0.3) is 0 Å². The molecule has 17 heavy (non-hydrogen) atoms. The van der Waals surface area contributed by atoms with Gasteiger partial charge in [0.15, 0.2) is 0 Å². The van der Waals surface area contributed by atoms with Gasteiger partial charge in [0.1, 0.15) is 5.76 Å². The first-order valence-corrected chi connectivity index (χ1v) is 5.97. The largest absolute Gasteiger partial charge is 0.469 e. The van der Waals surface area contributed by atoms with Gasteiger partial charge in [-0.05, 0) is 34.1 Å². The van der Waals surface area contributed by atoms with Gasteiger partial charge in [-0.1, -0.05) is 0 Å². The van der Waals surface area contributed by atoms with E-state index in [1.807, 2.05) is 20.8 Å². The molecule has 0 spiro atoms. The topological polar surface area (TPSA) is 51.5 Å². The van der Waals surface area contributed by atoms with E-state index in [9.17, 15) is 4.79 Å². The summed E-state index contributed by atoms with van der Waals surface area (Å²) in [5, 5.41) is 2.86. The molecule has 0 aliphatic rings. The molecule has 0 unspecified atom stereocenters.